The fourth-order valence-electron chi connectivity index (χ4n) is 3.07. The predicted octanol–water partition coefficient (Wildman–Crippen LogP) is 4.98. The van der Waals surface area contributed by atoms with Gasteiger partial charge < -0.3 is 5.32 Å². The molecule has 164 valence electrons. The van der Waals surface area contributed by atoms with Crippen LogP contribution in [0.25, 0.3) is 20.7 Å². The Morgan fingerprint density at radius 1 is 1.34 bits per heavy atom. The molecule has 0 bridgehead atoms. The lowest BCUT2D eigenvalue weighted by Crippen LogP contribution is -2.23. The minimum Gasteiger partial charge on any atom is -0.325 e. The van der Waals surface area contributed by atoms with Gasteiger partial charge in [-0.1, -0.05) is 17.8 Å². The molecule has 0 aliphatic carbocycles. The van der Waals surface area contributed by atoms with E-state index in [0.717, 1.165) is 34.3 Å². The molecule has 1 aromatic carbocycles. The highest BCUT2D eigenvalue weighted by Crippen LogP contribution is 2.34. The van der Waals surface area contributed by atoms with E-state index in [4.69, 9.17) is 0 Å². The molecule has 4 rings (SSSR count). The van der Waals surface area contributed by atoms with Crippen molar-refractivity contribution in [3.8, 4) is 10.4 Å². The van der Waals surface area contributed by atoms with Crippen molar-refractivity contribution in [1.82, 2.24) is 9.55 Å². The van der Waals surface area contributed by atoms with E-state index in [1.165, 1.54) is 22.0 Å². The number of nitrogens with zero attached hydrogens (tertiary/aromatic N) is 3. The van der Waals surface area contributed by atoms with E-state index in [1.807, 2.05) is 29.8 Å². The molecule has 1 N–H and O–H groups in total. The van der Waals surface area contributed by atoms with Gasteiger partial charge in [-0.2, -0.15) is 4.39 Å². The second-order valence-electron chi connectivity index (χ2n) is 6.51. The number of carbonyl (C=O) groups excluding carboxylic acids is 1. The van der Waals surface area contributed by atoms with Crippen molar-refractivity contribution in [2.75, 3.05) is 11.1 Å². The molecule has 3 aromatic heterocycles. The third-order valence-corrected chi connectivity index (χ3v) is 7.27. The molecule has 0 aliphatic heterocycles. The van der Waals surface area contributed by atoms with Gasteiger partial charge in [0, 0.05) is 34.1 Å². The van der Waals surface area contributed by atoms with E-state index < -0.39 is 22.3 Å². The number of aromatic nitrogens is 2. The third-order valence-electron chi connectivity index (χ3n) is 4.52. The Balaban J connectivity index is 1.56. The number of hydrogen-bond donors (Lipinski definition) is 1. The molecule has 1 amide bonds. The lowest BCUT2D eigenvalue weighted by molar-refractivity contribution is -0.387. The van der Waals surface area contributed by atoms with E-state index in [0.29, 0.717) is 21.9 Å². The molecule has 0 fully saturated rings. The summed E-state index contributed by atoms with van der Waals surface area (Å²) >= 11 is 4.01. The van der Waals surface area contributed by atoms with Gasteiger partial charge in [0.05, 0.1) is 16.1 Å². The number of carbonyl (C=O) groups is 1. The Labute approximate surface area is 192 Å². The Hall–Kier alpha value is -3.09. The molecule has 0 saturated heterocycles. The molecular formula is C20H15FN4O4S3. The highest BCUT2D eigenvalue weighted by Gasteiger charge is 2.19. The zero-order chi connectivity index (χ0) is 22.8. The van der Waals surface area contributed by atoms with Crippen LogP contribution in [0.15, 0.2) is 51.0 Å². The summed E-state index contributed by atoms with van der Waals surface area (Å²) in [6.45, 7) is 2.21. The number of amides is 1. The molecule has 0 aliphatic rings. The topological polar surface area (TPSA) is 107 Å². The first-order valence-electron chi connectivity index (χ1n) is 9.31. The minimum atomic E-state index is -0.982. The van der Waals surface area contributed by atoms with Crippen molar-refractivity contribution >= 4 is 61.9 Å². The van der Waals surface area contributed by atoms with E-state index in [-0.39, 0.29) is 17.0 Å². The summed E-state index contributed by atoms with van der Waals surface area (Å²) in [7, 11) is 0. The average Bonchev–Trinajstić information content (AvgIpc) is 3.43. The monoisotopic (exact) mass is 490 g/mol. The van der Waals surface area contributed by atoms with Crippen molar-refractivity contribution in [2.24, 2.45) is 0 Å². The maximum Gasteiger partial charge on any atom is 0.306 e. The predicted molar refractivity (Wildman–Crippen MR) is 125 cm³/mol. The maximum atomic E-state index is 13.5. The highest BCUT2D eigenvalue weighted by atomic mass is 32.2. The number of thioether (sulfide) groups is 1. The van der Waals surface area contributed by atoms with Gasteiger partial charge in [-0.05, 0) is 30.5 Å². The molecule has 0 atom stereocenters. The maximum absolute atomic E-state index is 13.5. The summed E-state index contributed by atoms with van der Waals surface area (Å²) in [5, 5.41) is 18.2. The van der Waals surface area contributed by atoms with E-state index in [1.54, 1.807) is 11.3 Å². The second kappa shape index (κ2) is 9.18. The number of nitro groups is 1. The smallest absolute Gasteiger partial charge is 0.306 e. The zero-order valence-electron chi connectivity index (χ0n) is 16.5. The Morgan fingerprint density at radius 3 is 2.84 bits per heavy atom. The number of thiophene rings is 2. The molecule has 0 spiro atoms. The molecule has 4 aromatic rings. The first kappa shape index (κ1) is 22.1. The standard InChI is InChI=1S/C20H15FN4O4S3/c1-2-24-19(27)17-12(15-4-3-7-30-15)9-31-18(17)23-20(24)32-10-16(26)22-11-5-6-13(21)14(8-11)25(28)29/h3-9H,2,10H2,1H3,(H,22,26). The molecule has 12 heteroatoms. The third kappa shape index (κ3) is 4.29. The van der Waals surface area contributed by atoms with Crippen molar-refractivity contribution in [3.63, 3.8) is 0 Å². The number of nitrogens with one attached hydrogen (secondary N) is 1. The van der Waals surface area contributed by atoms with Crippen molar-refractivity contribution < 1.29 is 14.1 Å². The first-order chi connectivity index (χ1) is 15.4. The molecule has 32 heavy (non-hydrogen) atoms. The van der Waals surface area contributed by atoms with Crippen LogP contribution >= 0.6 is 34.4 Å². The van der Waals surface area contributed by atoms with Gasteiger partial charge in [-0.15, -0.1) is 22.7 Å². The number of nitro benzene ring substituents is 1. The highest BCUT2D eigenvalue weighted by molar-refractivity contribution is 7.99. The summed E-state index contributed by atoms with van der Waals surface area (Å²) in [6, 6.07) is 7.01. The minimum absolute atomic E-state index is 0.0771. The van der Waals surface area contributed by atoms with Crippen LogP contribution in [-0.2, 0) is 11.3 Å². The van der Waals surface area contributed by atoms with Crippen molar-refractivity contribution in [2.45, 2.75) is 18.6 Å². The lowest BCUT2D eigenvalue weighted by atomic mass is 10.2. The number of halogens is 1. The van der Waals surface area contributed by atoms with Crippen LogP contribution in [0.1, 0.15) is 6.92 Å². The largest absolute Gasteiger partial charge is 0.325 e. The number of rotatable bonds is 7. The Morgan fingerprint density at radius 2 is 2.16 bits per heavy atom. The number of anilines is 1. The molecule has 0 radical (unpaired) electrons. The van der Waals surface area contributed by atoms with Gasteiger partial charge in [-0.25, -0.2) is 4.98 Å². The zero-order valence-corrected chi connectivity index (χ0v) is 19.0. The number of benzene rings is 1. The second-order valence-corrected chi connectivity index (χ2v) is 9.26. The Kier molecular flexibility index (Phi) is 6.35. The summed E-state index contributed by atoms with van der Waals surface area (Å²) < 4.78 is 15.0. The summed E-state index contributed by atoms with van der Waals surface area (Å²) in [4.78, 5) is 41.7. The number of fused-ring (bicyclic) bond motifs is 1. The fraction of sp³-hybridized carbons (Fsp3) is 0.150. The Bertz CT molecular complexity index is 1380. The van der Waals surface area contributed by atoms with Gasteiger partial charge in [-0.3, -0.25) is 24.3 Å². The quantitative estimate of drug-likeness (QED) is 0.169. The van der Waals surface area contributed by atoms with Crippen LogP contribution in [0.2, 0.25) is 0 Å². The van der Waals surface area contributed by atoms with E-state index in [2.05, 4.69) is 10.3 Å². The summed E-state index contributed by atoms with van der Waals surface area (Å²) in [5.41, 5.74) is 0.0755. The lowest BCUT2D eigenvalue weighted by Gasteiger charge is -2.10. The van der Waals surface area contributed by atoms with Crippen LogP contribution in [0, 0.1) is 15.9 Å². The van der Waals surface area contributed by atoms with Gasteiger partial charge in [0.2, 0.25) is 11.7 Å². The van der Waals surface area contributed by atoms with Gasteiger partial charge >= 0.3 is 5.69 Å². The van der Waals surface area contributed by atoms with E-state index in [9.17, 15) is 24.1 Å². The van der Waals surface area contributed by atoms with Gasteiger partial charge in [0.25, 0.3) is 5.56 Å². The molecule has 0 saturated carbocycles. The molecule has 3 heterocycles. The number of hydrogen-bond acceptors (Lipinski definition) is 8. The molecule has 8 nitrogen and oxygen atoms in total. The van der Waals surface area contributed by atoms with E-state index >= 15 is 0 Å². The fourth-order valence-corrected chi connectivity index (χ4v) is 5.73. The van der Waals surface area contributed by atoms with Crippen molar-refractivity contribution in [1.29, 1.82) is 0 Å². The van der Waals surface area contributed by atoms with Crippen LogP contribution in [-0.4, -0.2) is 26.1 Å². The van der Waals surface area contributed by atoms with Crippen molar-refractivity contribution in [3.05, 3.63) is 67.4 Å². The van der Waals surface area contributed by atoms with Crippen LogP contribution in [0.5, 0.6) is 0 Å². The SMILES string of the molecule is CCn1c(SCC(=O)Nc2ccc(F)c([N+](=O)[O-])c2)nc2scc(-c3cccs3)c2c1=O. The normalized spacial score (nSPS) is 11.1. The van der Waals surface area contributed by atoms with Crippen LogP contribution < -0.4 is 10.9 Å². The van der Waals surface area contributed by atoms with Gasteiger partial charge in [0.1, 0.15) is 4.83 Å². The van der Waals surface area contributed by atoms with Crippen LogP contribution in [0.4, 0.5) is 15.8 Å². The summed E-state index contributed by atoms with van der Waals surface area (Å²) in [6.07, 6.45) is 0. The average molecular weight is 491 g/mol. The van der Waals surface area contributed by atoms with Crippen LogP contribution in [0.3, 0.4) is 0 Å². The molecule has 0 unspecified atom stereocenters. The molecular weight excluding hydrogens is 475 g/mol. The first-order valence-corrected chi connectivity index (χ1v) is 12.1. The summed E-state index contributed by atoms with van der Waals surface area (Å²) in [5.74, 6) is -1.52. The van der Waals surface area contributed by atoms with Gasteiger partial charge in [0.15, 0.2) is 5.16 Å².